The molecule has 3 aromatic heterocycles. The van der Waals surface area contributed by atoms with Crippen molar-refractivity contribution in [3.63, 3.8) is 0 Å². The van der Waals surface area contributed by atoms with Crippen LogP contribution in [-0.2, 0) is 6.54 Å². The highest BCUT2D eigenvalue weighted by Crippen LogP contribution is 2.32. The zero-order chi connectivity index (χ0) is 17.4. The highest BCUT2D eigenvalue weighted by atomic mass is 16.3. The van der Waals surface area contributed by atoms with E-state index in [1.807, 2.05) is 48.0 Å². The largest absolute Gasteiger partial charge is 0.494 e. The van der Waals surface area contributed by atoms with E-state index >= 15 is 0 Å². The number of aromatic hydroxyl groups is 1. The van der Waals surface area contributed by atoms with Crippen LogP contribution < -0.4 is 0 Å². The lowest BCUT2D eigenvalue weighted by Crippen LogP contribution is -1.99. The Balaban J connectivity index is 1.79. The molecule has 0 saturated carbocycles. The van der Waals surface area contributed by atoms with Gasteiger partial charge in [0.05, 0.1) is 17.6 Å². The molecular formula is C19H19N5O. The number of hydrogen-bond acceptors (Lipinski definition) is 4. The Hall–Kier alpha value is -3.15. The molecule has 126 valence electrons. The van der Waals surface area contributed by atoms with Crippen molar-refractivity contribution in [1.29, 1.82) is 0 Å². The van der Waals surface area contributed by atoms with Crippen LogP contribution in [0.1, 0.15) is 19.0 Å². The van der Waals surface area contributed by atoms with Gasteiger partial charge >= 0.3 is 0 Å². The number of benzene rings is 1. The first-order valence-electron chi connectivity index (χ1n) is 8.34. The third-order valence-electron chi connectivity index (χ3n) is 4.38. The van der Waals surface area contributed by atoms with E-state index in [9.17, 15) is 5.11 Å². The molecule has 0 bridgehead atoms. The summed E-state index contributed by atoms with van der Waals surface area (Å²) in [6.07, 6.45) is 6.45. The maximum atomic E-state index is 10.3. The second kappa shape index (κ2) is 6.05. The van der Waals surface area contributed by atoms with E-state index in [4.69, 9.17) is 0 Å². The molecule has 0 unspecified atom stereocenters. The van der Waals surface area contributed by atoms with E-state index < -0.39 is 0 Å². The highest BCUT2D eigenvalue weighted by Gasteiger charge is 2.14. The molecule has 0 saturated heterocycles. The summed E-state index contributed by atoms with van der Waals surface area (Å²) in [4.78, 5) is 4.14. The summed E-state index contributed by atoms with van der Waals surface area (Å²) in [5.41, 5.74) is 3.64. The molecule has 3 heterocycles. The Kier molecular flexibility index (Phi) is 3.72. The van der Waals surface area contributed by atoms with E-state index in [-0.39, 0.29) is 0 Å². The van der Waals surface area contributed by atoms with Gasteiger partial charge in [-0.15, -0.1) is 5.10 Å². The lowest BCUT2D eigenvalue weighted by atomic mass is 10.1. The normalized spacial score (nSPS) is 11.3. The van der Waals surface area contributed by atoms with E-state index in [0.29, 0.717) is 5.88 Å². The van der Waals surface area contributed by atoms with Gasteiger partial charge in [-0.2, -0.15) is 0 Å². The lowest BCUT2D eigenvalue weighted by Gasteiger charge is -2.03. The van der Waals surface area contributed by atoms with Gasteiger partial charge in [-0.05, 0) is 37.6 Å². The zero-order valence-corrected chi connectivity index (χ0v) is 14.2. The Morgan fingerprint density at radius 2 is 2.08 bits per heavy atom. The molecule has 0 atom stereocenters. The summed E-state index contributed by atoms with van der Waals surface area (Å²) in [5, 5.41) is 20.8. The number of rotatable bonds is 4. The standard InChI is InChI=1S/C19H19N5O/c1-3-9-23-12-15-10-14(6-7-17(15)19(23)25)18-13(2)24(22-21-18)16-5-4-8-20-11-16/h4-8,10-12,25H,3,9H2,1-2H3. The van der Waals surface area contributed by atoms with Crippen molar-refractivity contribution in [1.82, 2.24) is 24.5 Å². The van der Waals surface area contributed by atoms with Gasteiger partial charge in [0, 0.05) is 35.3 Å². The molecule has 0 radical (unpaired) electrons. The minimum Gasteiger partial charge on any atom is -0.494 e. The molecule has 0 aliphatic heterocycles. The molecular weight excluding hydrogens is 314 g/mol. The van der Waals surface area contributed by atoms with Gasteiger partial charge in [0.25, 0.3) is 0 Å². The Morgan fingerprint density at radius 3 is 2.84 bits per heavy atom. The van der Waals surface area contributed by atoms with Crippen molar-refractivity contribution in [2.24, 2.45) is 0 Å². The molecule has 4 rings (SSSR count). The maximum absolute atomic E-state index is 10.3. The fraction of sp³-hybridized carbons (Fsp3) is 0.211. The minimum absolute atomic E-state index is 0.319. The quantitative estimate of drug-likeness (QED) is 0.618. The van der Waals surface area contributed by atoms with Crippen LogP contribution in [-0.4, -0.2) is 29.7 Å². The average molecular weight is 333 g/mol. The second-order valence-electron chi connectivity index (χ2n) is 6.09. The molecule has 6 nitrogen and oxygen atoms in total. The first-order valence-corrected chi connectivity index (χ1v) is 8.34. The van der Waals surface area contributed by atoms with Crippen LogP contribution in [0, 0.1) is 6.92 Å². The van der Waals surface area contributed by atoms with Gasteiger partial charge in [-0.3, -0.25) is 4.98 Å². The summed E-state index contributed by atoms with van der Waals surface area (Å²) in [7, 11) is 0. The van der Waals surface area contributed by atoms with Crippen LogP contribution in [0.3, 0.4) is 0 Å². The van der Waals surface area contributed by atoms with Crippen molar-refractivity contribution < 1.29 is 5.11 Å². The Bertz CT molecular complexity index is 1030. The monoisotopic (exact) mass is 333 g/mol. The Labute approximate surface area is 145 Å². The number of nitrogens with zero attached hydrogens (tertiary/aromatic N) is 5. The number of aromatic nitrogens is 5. The van der Waals surface area contributed by atoms with Gasteiger partial charge in [0.2, 0.25) is 0 Å². The number of aryl methyl sites for hydroxylation is 1. The molecule has 0 fully saturated rings. The summed E-state index contributed by atoms with van der Waals surface area (Å²) in [6, 6.07) is 9.79. The Morgan fingerprint density at radius 1 is 1.20 bits per heavy atom. The van der Waals surface area contributed by atoms with Crippen LogP contribution in [0.25, 0.3) is 27.7 Å². The van der Waals surface area contributed by atoms with Crippen LogP contribution in [0.15, 0.2) is 48.9 Å². The van der Waals surface area contributed by atoms with Gasteiger partial charge in [-0.1, -0.05) is 18.2 Å². The zero-order valence-electron chi connectivity index (χ0n) is 14.2. The summed E-state index contributed by atoms with van der Waals surface area (Å²) >= 11 is 0. The van der Waals surface area contributed by atoms with Gasteiger partial charge in [0.1, 0.15) is 5.69 Å². The highest BCUT2D eigenvalue weighted by molar-refractivity contribution is 5.91. The van der Waals surface area contributed by atoms with Crippen molar-refractivity contribution in [3.8, 4) is 22.8 Å². The number of pyridine rings is 1. The third kappa shape index (κ3) is 2.55. The third-order valence-corrected chi connectivity index (χ3v) is 4.38. The molecule has 1 N–H and O–H groups in total. The first kappa shape index (κ1) is 15.4. The fourth-order valence-electron chi connectivity index (χ4n) is 3.14. The minimum atomic E-state index is 0.319. The predicted octanol–water partition coefficient (Wildman–Crippen LogP) is 3.71. The summed E-state index contributed by atoms with van der Waals surface area (Å²) < 4.78 is 3.67. The molecule has 4 aromatic rings. The summed E-state index contributed by atoms with van der Waals surface area (Å²) in [5.74, 6) is 0.319. The number of fused-ring (bicyclic) bond motifs is 1. The van der Waals surface area contributed by atoms with Gasteiger partial charge in [-0.25, -0.2) is 4.68 Å². The van der Waals surface area contributed by atoms with Crippen LogP contribution in [0.2, 0.25) is 0 Å². The van der Waals surface area contributed by atoms with Crippen LogP contribution in [0.4, 0.5) is 0 Å². The number of hydrogen-bond donors (Lipinski definition) is 1. The van der Waals surface area contributed by atoms with E-state index in [2.05, 4.69) is 22.2 Å². The van der Waals surface area contributed by atoms with Crippen LogP contribution in [0.5, 0.6) is 5.88 Å². The van der Waals surface area contributed by atoms with Gasteiger partial charge in [0.15, 0.2) is 5.88 Å². The molecule has 0 aliphatic carbocycles. The van der Waals surface area contributed by atoms with E-state index in [1.165, 1.54) is 0 Å². The SMILES string of the molecule is CCCn1cc2cc(-c3nnn(-c4cccnc4)c3C)ccc2c1O. The smallest absolute Gasteiger partial charge is 0.199 e. The predicted molar refractivity (Wildman–Crippen MR) is 96.8 cm³/mol. The van der Waals surface area contributed by atoms with E-state index in [0.717, 1.165) is 46.4 Å². The summed E-state index contributed by atoms with van der Waals surface area (Å²) in [6.45, 7) is 4.88. The fourth-order valence-corrected chi connectivity index (χ4v) is 3.14. The molecule has 0 amide bonds. The van der Waals surface area contributed by atoms with Crippen LogP contribution >= 0.6 is 0 Å². The topological polar surface area (TPSA) is 68.8 Å². The van der Waals surface area contributed by atoms with Gasteiger partial charge < -0.3 is 9.67 Å². The molecule has 6 heteroatoms. The molecule has 0 aliphatic rings. The van der Waals surface area contributed by atoms with E-state index in [1.54, 1.807) is 17.1 Å². The second-order valence-corrected chi connectivity index (χ2v) is 6.09. The lowest BCUT2D eigenvalue weighted by molar-refractivity contribution is 0.421. The molecule has 0 spiro atoms. The van der Waals surface area contributed by atoms with Crippen molar-refractivity contribution in [3.05, 3.63) is 54.6 Å². The molecule has 25 heavy (non-hydrogen) atoms. The average Bonchev–Trinajstić information content (AvgIpc) is 3.16. The molecule has 1 aromatic carbocycles. The maximum Gasteiger partial charge on any atom is 0.199 e. The van der Waals surface area contributed by atoms with Crippen molar-refractivity contribution >= 4 is 10.8 Å². The first-order chi connectivity index (χ1) is 12.2. The van der Waals surface area contributed by atoms with Crippen molar-refractivity contribution in [2.75, 3.05) is 0 Å². The van der Waals surface area contributed by atoms with Crippen molar-refractivity contribution in [2.45, 2.75) is 26.8 Å².